The van der Waals surface area contributed by atoms with Crippen LogP contribution in [0.15, 0.2) is 35.7 Å². The van der Waals surface area contributed by atoms with Gasteiger partial charge in [0.25, 0.3) is 0 Å². The SMILES string of the molecule is CC(C)NC(=O)Nc1ccccc1NC(=O)CCC(=O)N1CCc2sccc2C1. The minimum absolute atomic E-state index is 0.00251. The van der Waals surface area contributed by atoms with Gasteiger partial charge in [0.1, 0.15) is 0 Å². The summed E-state index contributed by atoms with van der Waals surface area (Å²) in [6, 6.07) is 8.71. The fourth-order valence-electron chi connectivity index (χ4n) is 3.17. The van der Waals surface area contributed by atoms with Gasteiger partial charge < -0.3 is 20.9 Å². The molecule has 0 radical (unpaired) electrons. The summed E-state index contributed by atoms with van der Waals surface area (Å²) >= 11 is 1.73. The molecule has 2 heterocycles. The van der Waals surface area contributed by atoms with Gasteiger partial charge in [-0.2, -0.15) is 0 Å². The third kappa shape index (κ3) is 5.80. The summed E-state index contributed by atoms with van der Waals surface area (Å²) < 4.78 is 0. The van der Waals surface area contributed by atoms with Crippen molar-refractivity contribution in [3.63, 3.8) is 0 Å². The summed E-state index contributed by atoms with van der Waals surface area (Å²) in [6.45, 7) is 5.06. The van der Waals surface area contributed by atoms with Gasteiger partial charge in [-0.15, -0.1) is 11.3 Å². The fraction of sp³-hybridized carbons (Fsp3) is 0.381. The van der Waals surface area contributed by atoms with Crippen LogP contribution in [-0.2, 0) is 22.6 Å². The number of urea groups is 1. The van der Waals surface area contributed by atoms with E-state index in [1.165, 1.54) is 10.4 Å². The lowest BCUT2D eigenvalue weighted by molar-refractivity contribution is -0.133. The van der Waals surface area contributed by atoms with Crippen molar-refractivity contribution < 1.29 is 14.4 Å². The predicted molar refractivity (Wildman–Crippen MR) is 115 cm³/mol. The van der Waals surface area contributed by atoms with Gasteiger partial charge in [0, 0.05) is 36.9 Å². The number of fused-ring (bicyclic) bond motifs is 1. The first-order valence-electron chi connectivity index (χ1n) is 9.72. The Balaban J connectivity index is 1.51. The standard InChI is InChI=1S/C21H26N4O3S/c1-14(2)22-21(28)24-17-6-4-3-5-16(17)23-19(26)7-8-20(27)25-11-9-18-15(13-25)10-12-29-18/h3-6,10,12,14H,7-9,11,13H2,1-2H3,(H,23,26)(H2,22,24,28). The predicted octanol–water partition coefficient (Wildman–Crippen LogP) is 3.58. The highest BCUT2D eigenvalue weighted by Crippen LogP contribution is 2.25. The number of para-hydroxylation sites is 2. The first kappa shape index (κ1) is 20.9. The number of amides is 4. The number of hydrogen-bond acceptors (Lipinski definition) is 4. The zero-order valence-electron chi connectivity index (χ0n) is 16.7. The Bertz CT molecular complexity index is 894. The second-order valence-corrected chi connectivity index (χ2v) is 8.28. The van der Waals surface area contributed by atoms with Crippen LogP contribution in [0.2, 0.25) is 0 Å². The van der Waals surface area contributed by atoms with E-state index in [1.54, 1.807) is 35.6 Å². The van der Waals surface area contributed by atoms with Crippen LogP contribution in [0.1, 0.15) is 37.1 Å². The number of anilines is 2. The molecule has 29 heavy (non-hydrogen) atoms. The Labute approximate surface area is 174 Å². The molecule has 0 saturated carbocycles. The molecule has 3 N–H and O–H groups in total. The second-order valence-electron chi connectivity index (χ2n) is 7.28. The summed E-state index contributed by atoms with van der Waals surface area (Å²) in [5, 5.41) is 10.3. The molecular formula is C21H26N4O3S. The molecular weight excluding hydrogens is 388 g/mol. The largest absolute Gasteiger partial charge is 0.338 e. The Morgan fingerprint density at radius 3 is 2.52 bits per heavy atom. The lowest BCUT2D eigenvalue weighted by Gasteiger charge is -2.27. The van der Waals surface area contributed by atoms with E-state index in [-0.39, 0.29) is 36.7 Å². The molecule has 0 aliphatic carbocycles. The van der Waals surface area contributed by atoms with Crippen LogP contribution in [0.3, 0.4) is 0 Å². The maximum absolute atomic E-state index is 12.5. The topological polar surface area (TPSA) is 90.5 Å². The van der Waals surface area contributed by atoms with Gasteiger partial charge in [-0.3, -0.25) is 9.59 Å². The lowest BCUT2D eigenvalue weighted by Crippen LogP contribution is -2.35. The Hall–Kier alpha value is -2.87. The molecule has 0 unspecified atom stereocenters. The monoisotopic (exact) mass is 414 g/mol. The summed E-state index contributed by atoms with van der Waals surface area (Å²) in [5.41, 5.74) is 2.22. The van der Waals surface area contributed by atoms with Gasteiger partial charge in [0.05, 0.1) is 11.4 Å². The van der Waals surface area contributed by atoms with E-state index in [4.69, 9.17) is 0 Å². The zero-order chi connectivity index (χ0) is 20.8. The molecule has 8 heteroatoms. The number of nitrogens with zero attached hydrogens (tertiary/aromatic N) is 1. The van der Waals surface area contributed by atoms with Crippen molar-refractivity contribution in [2.45, 2.75) is 45.7 Å². The van der Waals surface area contributed by atoms with Gasteiger partial charge in [-0.1, -0.05) is 12.1 Å². The minimum atomic E-state index is -0.338. The smallest absolute Gasteiger partial charge is 0.319 e. The van der Waals surface area contributed by atoms with Gasteiger partial charge >= 0.3 is 6.03 Å². The number of nitrogens with one attached hydrogen (secondary N) is 3. The van der Waals surface area contributed by atoms with Crippen LogP contribution in [0, 0.1) is 0 Å². The molecule has 2 aromatic rings. The molecule has 0 saturated heterocycles. The van der Waals surface area contributed by atoms with Crippen molar-refractivity contribution in [3.8, 4) is 0 Å². The van der Waals surface area contributed by atoms with E-state index in [0.29, 0.717) is 24.5 Å². The molecule has 7 nitrogen and oxygen atoms in total. The fourth-order valence-corrected chi connectivity index (χ4v) is 4.06. The van der Waals surface area contributed by atoms with Gasteiger partial charge in [-0.05, 0) is 49.4 Å². The third-order valence-corrected chi connectivity index (χ3v) is 5.62. The Morgan fingerprint density at radius 2 is 1.79 bits per heavy atom. The van der Waals surface area contributed by atoms with Crippen molar-refractivity contribution in [1.29, 1.82) is 0 Å². The van der Waals surface area contributed by atoms with Crippen LogP contribution in [0.5, 0.6) is 0 Å². The highest BCUT2D eigenvalue weighted by Gasteiger charge is 2.22. The molecule has 0 spiro atoms. The zero-order valence-corrected chi connectivity index (χ0v) is 17.5. The molecule has 4 amide bonds. The first-order chi connectivity index (χ1) is 13.9. The quantitative estimate of drug-likeness (QED) is 0.675. The van der Waals surface area contributed by atoms with Crippen LogP contribution in [-0.4, -0.2) is 35.3 Å². The number of benzene rings is 1. The van der Waals surface area contributed by atoms with Crippen LogP contribution < -0.4 is 16.0 Å². The normalized spacial score (nSPS) is 13.0. The average Bonchev–Trinajstić information content (AvgIpc) is 3.14. The summed E-state index contributed by atoms with van der Waals surface area (Å²) in [7, 11) is 0. The molecule has 1 aromatic heterocycles. The van der Waals surface area contributed by atoms with E-state index in [9.17, 15) is 14.4 Å². The number of carbonyl (C=O) groups excluding carboxylic acids is 3. The third-order valence-electron chi connectivity index (χ3n) is 4.60. The summed E-state index contributed by atoms with van der Waals surface area (Å²) in [5.74, 6) is -0.273. The molecule has 1 aromatic carbocycles. The van der Waals surface area contributed by atoms with E-state index in [2.05, 4.69) is 27.4 Å². The van der Waals surface area contributed by atoms with Gasteiger partial charge in [0.2, 0.25) is 11.8 Å². The molecule has 1 aliphatic heterocycles. The van der Waals surface area contributed by atoms with E-state index >= 15 is 0 Å². The van der Waals surface area contributed by atoms with Crippen molar-refractivity contribution in [3.05, 3.63) is 46.2 Å². The van der Waals surface area contributed by atoms with Crippen molar-refractivity contribution in [2.75, 3.05) is 17.2 Å². The lowest BCUT2D eigenvalue weighted by atomic mass is 10.1. The number of hydrogen-bond donors (Lipinski definition) is 3. The molecule has 3 rings (SSSR count). The van der Waals surface area contributed by atoms with Crippen molar-refractivity contribution in [1.82, 2.24) is 10.2 Å². The maximum Gasteiger partial charge on any atom is 0.319 e. The number of carbonyl (C=O) groups is 3. The molecule has 0 atom stereocenters. The first-order valence-corrected chi connectivity index (χ1v) is 10.6. The molecule has 0 bridgehead atoms. The van der Waals surface area contributed by atoms with E-state index in [1.807, 2.05) is 18.7 Å². The van der Waals surface area contributed by atoms with Crippen molar-refractivity contribution >= 4 is 40.6 Å². The highest BCUT2D eigenvalue weighted by molar-refractivity contribution is 7.10. The summed E-state index contributed by atoms with van der Waals surface area (Å²) in [6.07, 6.45) is 1.13. The average molecular weight is 415 g/mol. The molecule has 154 valence electrons. The maximum atomic E-state index is 12.5. The van der Waals surface area contributed by atoms with Crippen LogP contribution in [0.4, 0.5) is 16.2 Å². The summed E-state index contributed by atoms with van der Waals surface area (Å²) in [4.78, 5) is 39.9. The minimum Gasteiger partial charge on any atom is -0.338 e. The van der Waals surface area contributed by atoms with Gasteiger partial charge in [0.15, 0.2) is 0 Å². The van der Waals surface area contributed by atoms with Crippen molar-refractivity contribution in [2.24, 2.45) is 0 Å². The number of rotatable bonds is 6. The van der Waals surface area contributed by atoms with Gasteiger partial charge in [-0.25, -0.2) is 4.79 Å². The highest BCUT2D eigenvalue weighted by atomic mass is 32.1. The second kappa shape index (κ2) is 9.56. The Morgan fingerprint density at radius 1 is 1.07 bits per heavy atom. The van der Waals surface area contributed by atoms with E-state index < -0.39 is 0 Å². The van der Waals surface area contributed by atoms with Crippen LogP contribution in [0.25, 0.3) is 0 Å². The molecule has 0 fully saturated rings. The van der Waals surface area contributed by atoms with Crippen LogP contribution >= 0.6 is 11.3 Å². The number of thiophene rings is 1. The molecule has 1 aliphatic rings. The van der Waals surface area contributed by atoms with E-state index in [0.717, 1.165) is 6.42 Å². The Kier molecular flexibility index (Phi) is 6.87.